The number of rotatable bonds is 6. The molecule has 1 saturated heterocycles. The third-order valence-electron chi connectivity index (χ3n) is 7.17. The topological polar surface area (TPSA) is 90.9 Å². The van der Waals surface area contributed by atoms with Crippen LogP contribution < -0.4 is 21.0 Å². The third kappa shape index (κ3) is 3.96. The summed E-state index contributed by atoms with van der Waals surface area (Å²) in [5.74, 6) is 0.821. The molecule has 0 bridgehead atoms. The number of nitrogens with one attached hydrogen (secondary N) is 2. The number of aromatic nitrogens is 4. The molecule has 0 spiro atoms. The van der Waals surface area contributed by atoms with Gasteiger partial charge in [-0.1, -0.05) is 42.5 Å². The van der Waals surface area contributed by atoms with Crippen molar-refractivity contribution >= 4 is 21.9 Å². The van der Waals surface area contributed by atoms with Crippen molar-refractivity contribution in [1.82, 2.24) is 18.7 Å². The zero-order chi connectivity index (χ0) is 23.8. The number of piperazine rings is 1. The fourth-order valence-electron chi connectivity index (χ4n) is 5.16. The molecule has 4 aromatic rings. The normalized spacial score (nSPS) is 18.7. The summed E-state index contributed by atoms with van der Waals surface area (Å²) in [6.45, 7) is 6.14. The van der Waals surface area contributed by atoms with Crippen molar-refractivity contribution in [3.8, 4) is 0 Å². The fourth-order valence-corrected chi connectivity index (χ4v) is 5.16. The zero-order valence-electron chi connectivity index (χ0n) is 19.8. The molecule has 9 heteroatoms. The molecule has 0 amide bonds. The van der Waals surface area contributed by atoms with Crippen LogP contribution in [-0.2, 0) is 27.2 Å². The van der Waals surface area contributed by atoms with Crippen molar-refractivity contribution in [3.05, 3.63) is 74.7 Å². The Morgan fingerprint density at radius 1 is 0.941 bits per heavy atom. The number of nitrogens with zero attached hydrogens (tertiary/aromatic N) is 4. The Bertz CT molecular complexity index is 1450. The highest BCUT2D eigenvalue weighted by atomic mass is 16.3. The van der Waals surface area contributed by atoms with Crippen molar-refractivity contribution in [3.63, 3.8) is 0 Å². The molecule has 2 aromatic heterocycles. The number of imidazole rings is 1. The second-order valence-corrected chi connectivity index (χ2v) is 9.28. The first kappa shape index (κ1) is 22.5. The molecule has 9 nitrogen and oxygen atoms in total. The number of fused-ring (bicyclic) bond motifs is 2. The van der Waals surface area contributed by atoms with Crippen LogP contribution in [0.3, 0.4) is 0 Å². The summed E-state index contributed by atoms with van der Waals surface area (Å²) >= 11 is 0. The molecule has 5 rings (SSSR count). The smallest absolute Gasteiger partial charge is 0.332 e. The molecule has 34 heavy (non-hydrogen) atoms. The standard InChI is InChI=1S/C25H30N6O3/c1-27-23-22(24(33)28(2)25(27)34)31(16-19-8-5-7-18-6-3-4-9-20(18)19)21(26-23)17-30-12-10-29(11-13-30)14-15-32/h3-9,32H,10-17H2,1-2H3/p+2. The van der Waals surface area contributed by atoms with Crippen LogP contribution in [-0.4, -0.2) is 63.1 Å². The minimum absolute atomic E-state index is 0.211. The van der Waals surface area contributed by atoms with Gasteiger partial charge >= 0.3 is 5.69 Å². The SMILES string of the molecule is Cn1c(=O)c2c(nc(C[NH+]3CC[NH+](CCO)CC3)n2Cc2cccc3ccccc23)n(C)c1=O. The average Bonchev–Trinajstić information content (AvgIpc) is 3.21. The van der Waals surface area contributed by atoms with Gasteiger partial charge in [0.2, 0.25) is 0 Å². The van der Waals surface area contributed by atoms with Crippen LogP contribution in [0.15, 0.2) is 52.1 Å². The number of aliphatic hydroxyl groups excluding tert-OH is 1. The van der Waals surface area contributed by atoms with Gasteiger partial charge in [0.25, 0.3) is 5.56 Å². The number of hydrogen-bond acceptors (Lipinski definition) is 4. The van der Waals surface area contributed by atoms with Crippen molar-refractivity contribution in [1.29, 1.82) is 0 Å². The van der Waals surface area contributed by atoms with Crippen molar-refractivity contribution in [2.45, 2.75) is 13.1 Å². The highest BCUT2D eigenvalue weighted by Crippen LogP contribution is 2.21. The largest absolute Gasteiger partial charge is 0.391 e. The van der Waals surface area contributed by atoms with Gasteiger partial charge < -0.3 is 19.5 Å². The number of quaternary nitrogens is 2. The van der Waals surface area contributed by atoms with Gasteiger partial charge in [-0.15, -0.1) is 0 Å². The Morgan fingerprint density at radius 3 is 2.41 bits per heavy atom. The van der Waals surface area contributed by atoms with E-state index in [1.54, 1.807) is 7.05 Å². The van der Waals surface area contributed by atoms with Crippen LogP contribution in [0.25, 0.3) is 21.9 Å². The first-order chi connectivity index (χ1) is 16.5. The van der Waals surface area contributed by atoms with Crippen LogP contribution in [0.2, 0.25) is 0 Å². The Morgan fingerprint density at radius 2 is 1.65 bits per heavy atom. The number of benzene rings is 2. The molecule has 1 aliphatic heterocycles. The molecule has 2 aromatic carbocycles. The van der Waals surface area contributed by atoms with E-state index in [0.717, 1.165) is 59.5 Å². The lowest BCUT2D eigenvalue weighted by Crippen LogP contribution is -3.27. The fraction of sp³-hybridized carbons (Fsp3) is 0.400. The van der Waals surface area contributed by atoms with Crippen LogP contribution in [0.5, 0.6) is 0 Å². The first-order valence-electron chi connectivity index (χ1n) is 11.9. The average molecular weight is 465 g/mol. The molecular weight excluding hydrogens is 432 g/mol. The van der Waals surface area contributed by atoms with E-state index in [2.05, 4.69) is 24.3 Å². The van der Waals surface area contributed by atoms with E-state index in [1.807, 2.05) is 22.8 Å². The number of aryl methyl sites for hydroxylation is 1. The van der Waals surface area contributed by atoms with Crippen molar-refractivity contribution in [2.75, 3.05) is 39.3 Å². The van der Waals surface area contributed by atoms with Gasteiger partial charge in [-0.25, -0.2) is 9.78 Å². The molecule has 0 radical (unpaired) electrons. The third-order valence-corrected chi connectivity index (χ3v) is 7.17. The lowest BCUT2D eigenvalue weighted by Gasteiger charge is -2.29. The van der Waals surface area contributed by atoms with E-state index in [0.29, 0.717) is 24.3 Å². The maximum Gasteiger partial charge on any atom is 0.332 e. The molecule has 1 aliphatic rings. The zero-order valence-corrected chi connectivity index (χ0v) is 19.8. The van der Waals surface area contributed by atoms with Crippen LogP contribution in [0, 0.1) is 0 Å². The van der Waals surface area contributed by atoms with Gasteiger partial charge in [-0.3, -0.25) is 13.9 Å². The van der Waals surface area contributed by atoms with Crippen molar-refractivity contribution < 1.29 is 14.9 Å². The van der Waals surface area contributed by atoms with E-state index < -0.39 is 0 Å². The van der Waals surface area contributed by atoms with E-state index in [-0.39, 0.29) is 17.9 Å². The van der Waals surface area contributed by atoms with Gasteiger partial charge in [0.15, 0.2) is 17.0 Å². The van der Waals surface area contributed by atoms with Crippen LogP contribution in [0.1, 0.15) is 11.4 Å². The quantitative estimate of drug-likeness (QED) is 0.305. The molecule has 178 valence electrons. The van der Waals surface area contributed by atoms with Crippen LogP contribution in [0.4, 0.5) is 0 Å². The Labute approximate surface area is 197 Å². The minimum atomic E-state index is -0.368. The second-order valence-electron chi connectivity index (χ2n) is 9.28. The molecule has 0 atom stereocenters. The maximum absolute atomic E-state index is 13.3. The van der Waals surface area contributed by atoms with E-state index in [4.69, 9.17) is 4.98 Å². The monoisotopic (exact) mass is 464 g/mol. The summed E-state index contributed by atoms with van der Waals surface area (Å²) in [5, 5.41) is 11.5. The molecule has 0 unspecified atom stereocenters. The Kier molecular flexibility index (Phi) is 6.07. The van der Waals surface area contributed by atoms with Gasteiger partial charge in [-0.2, -0.15) is 0 Å². The predicted molar refractivity (Wildman–Crippen MR) is 130 cm³/mol. The van der Waals surface area contributed by atoms with Gasteiger partial charge in [0, 0.05) is 14.1 Å². The van der Waals surface area contributed by atoms with Gasteiger partial charge in [0.05, 0.1) is 13.2 Å². The Balaban J connectivity index is 1.60. The highest BCUT2D eigenvalue weighted by Gasteiger charge is 2.26. The number of aliphatic hydroxyl groups is 1. The Hall–Kier alpha value is -3.27. The predicted octanol–water partition coefficient (Wildman–Crippen LogP) is -2.09. The summed E-state index contributed by atoms with van der Waals surface area (Å²) in [4.78, 5) is 33.5. The second kappa shape index (κ2) is 9.17. The minimum Gasteiger partial charge on any atom is -0.391 e. The van der Waals surface area contributed by atoms with E-state index >= 15 is 0 Å². The lowest BCUT2D eigenvalue weighted by molar-refractivity contribution is -1.02. The van der Waals surface area contributed by atoms with Gasteiger partial charge in [-0.05, 0) is 16.3 Å². The summed E-state index contributed by atoms with van der Waals surface area (Å²) in [6, 6.07) is 14.5. The molecule has 3 N–H and O–H groups in total. The van der Waals surface area contributed by atoms with Gasteiger partial charge in [0.1, 0.15) is 39.3 Å². The van der Waals surface area contributed by atoms with E-state index in [9.17, 15) is 14.7 Å². The summed E-state index contributed by atoms with van der Waals surface area (Å²) in [7, 11) is 3.19. The molecule has 0 aliphatic carbocycles. The molecule has 3 heterocycles. The van der Waals surface area contributed by atoms with Crippen molar-refractivity contribution in [2.24, 2.45) is 14.1 Å². The van der Waals surface area contributed by atoms with Crippen LogP contribution >= 0.6 is 0 Å². The summed E-state index contributed by atoms with van der Waals surface area (Å²) < 4.78 is 4.65. The molecule has 1 fully saturated rings. The molecule has 0 saturated carbocycles. The summed E-state index contributed by atoms with van der Waals surface area (Å²) in [5.41, 5.74) is 1.34. The van der Waals surface area contributed by atoms with E-state index in [1.165, 1.54) is 21.4 Å². The lowest BCUT2D eigenvalue weighted by atomic mass is 10.0. The highest BCUT2D eigenvalue weighted by molar-refractivity contribution is 5.85. The molecular formula is C25H32N6O3+2. The summed E-state index contributed by atoms with van der Waals surface area (Å²) in [6.07, 6.45) is 0. The number of hydrogen-bond donors (Lipinski definition) is 3. The maximum atomic E-state index is 13.3. The first-order valence-corrected chi connectivity index (χ1v) is 11.9.